The first-order valence-electron chi connectivity index (χ1n) is 6.49. The summed E-state index contributed by atoms with van der Waals surface area (Å²) in [5.74, 6) is 0.973. The van der Waals surface area contributed by atoms with Crippen LogP contribution < -0.4 is 20.5 Å². The average molecular weight is 286 g/mol. The van der Waals surface area contributed by atoms with Crippen molar-refractivity contribution in [2.75, 3.05) is 20.0 Å². The Morgan fingerprint density at radius 1 is 1.10 bits per heavy atom. The van der Waals surface area contributed by atoms with Gasteiger partial charge in [0.05, 0.1) is 25.5 Å². The van der Waals surface area contributed by atoms with E-state index in [0.29, 0.717) is 29.3 Å². The molecule has 21 heavy (non-hydrogen) atoms. The van der Waals surface area contributed by atoms with Crippen LogP contribution in [0.1, 0.15) is 15.9 Å². The molecule has 110 valence electrons. The topological polar surface area (TPSA) is 73.6 Å². The Morgan fingerprint density at radius 2 is 1.81 bits per heavy atom. The molecule has 0 aliphatic heterocycles. The smallest absolute Gasteiger partial charge is 0.255 e. The van der Waals surface area contributed by atoms with Crippen molar-refractivity contribution < 1.29 is 14.3 Å². The summed E-state index contributed by atoms with van der Waals surface area (Å²) in [6.07, 6.45) is 0. The molecule has 0 atom stereocenters. The Hall–Kier alpha value is -2.69. The Bertz CT molecular complexity index is 641. The second-order valence-electron chi connectivity index (χ2n) is 4.46. The van der Waals surface area contributed by atoms with Gasteiger partial charge in [-0.05, 0) is 29.8 Å². The third kappa shape index (κ3) is 3.45. The number of benzene rings is 2. The summed E-state index contributed by atoms with van der Waals surface area (Å²) < 4.78 is 10.3. The minimum absolute atomic E-state index is 0.193. The van der Waals surface area contributed by atoms with Crippen LogP contribution in [0.25, 0.3) is 0 Å². The summed E-state index contributed by atoms with van der Waals surface area (Å²) in [6.45, 7) is 0.380. The third-order valence-electron chi connectivity index (χ3n) is 3.10. The molecule has 0 heterocycles. The standard InChI is InChI=1S/C16H18N2O3/c1-20-14-6-4-3-5-12(14)16(19)18-10-11-7-8-15(21-2)13(17)9-11/h3-9H,10,17H2,1-2H3,(H,18,19). The SMILES string of the molecule is COc1ccc(CNC(=O)c2ccccc2OC)cc1N. The van der Waals surface area contributed by atoms with Crippen molar-refractivity contribution in [1.82, 2.24) is 5.32 Å². The quantitative estimate of drug-likeness (QED) is 0.827. The molecule has 0 aliphatic carbocycles. The van der Waals surface area contributed by atoms with E-state index >= 15 is 0 Å². The van der Waals surface area contributed by atoms with Crippen molar-refractivity contribution >= 4 is 11.6 Å². The molecule has 2 rings (SSSR count). The number of amides is 1. The fourth-order valence-corrected chi connectivity index (χ4v) is 2.00. The second kappa shape index (κ2) is 6.65. The van der Waals surface area contributed by atoms with E-state index in [1.54, 1.807) is 37.4 Å². The molecular weight excluding hydrogens is 268 g/mol. The highest BCUT2D eigenvalue weighted by Gasteiger charge is 2.11. The van der Waals surface area contributed by atoms with Crippen LogP contribution in [-0.4, -0.2) is 20.1 Å². The molecule has 5 nitrogen and oxygen atoms in total. The Morgan fingerprint density at radius 3 is 2.48 bits per heavy atom. The first kappa shape index (κ1) is 14.7. The summed E-state index contributed by atoms with van der Waals surface area (Å²) in [7, 11) is 3.10. The van der Waals surface area contributed by atoms with Crippen molar-refractivity contribution in [2.24, 2.45) is 0 Å². The number of carbonyl (C=O) groups is 1. The molecule has 0 bridgehead atoms. The van der Waals surface area contributed by atoms with E-state index in [1.807, 2.05) is 12.1 Å². The molecule has 5 heteroatoms. The van der Waals surface area contributed by atoms with Crippen molar-refractivity contribution in [3.05, 3.63) is 53.6 Å². The summed E-state index contributed by atoms with van der Waals surface area (Å²) in [5, 5.41) is 2.84. The molecule has 3 N–H and O–H groups in total. The van der Waals surface area contributed by atoms with E-state index in [0.717, 1.165) is 5.56 Å². The van der Waals surface area contributed by atoms with Crippen molar-refractivity contribution in [2.45, 2.75) is 6.54 Å². The molecule has 0 spiro atoms. The molecule has 2 aromatic rings. The fourth-order valence-electron chi connectivity index (χ4n) is 2.00. The van der Waals surface area contributed by atoms with Gasteiger partial charge in [0, 0.05) is 6.54 Å². The van der Waals surface area contributed by atoms with Crippen LogP contribution in [0, 0.1) is 0 Å². The van der Waals surface area contributed by atoms with Gasteiger partial charge in [-0.25, -0.2) is 0 Å². The van der Waals surface area contributed by atoms with Gasteiger partial charge in [0.15, 0.2) is 0 Å². The van der Waals surface area contributed by atoms with Crippen LogP contribution in [0.2, 0.25) is 0 Å². The second-order valence-corrected chi connectivity index (χ2v) is 4.46. The van der Waals surface area contributed by atoms with Crippen LogP contribution in [-0.2, 0) is 6.54 Å². The first-order valence-corrected chi connectivity index (χ1v) is 6.49. The van der Waals surface area contributed by atoms with Gasteiger partial charge in [-0.2, -0.15) is 0 Å². The Balaban J connectivity index is 2.06. The molecule has 0 aromatic heterocycles. The van der Waals surface area contributed by atoms with Crippen LogP contribution in [0.15, 0.2) is 42.5 Å². The number of nitrogen functional groups attached to an aromatic ring is 1. The van der Waals surface area contributed by atoms with E-state index in [9.17, 15) is 4.79 Å². The zero-order chi connectivity index (χ0) is 15.2. The van der Waals surface area contributed by atoms with E-state index in [2.05, 4.69) is 5.32 Å². The number of para-hydroxylation sites is 1. The number of rotatable bonds is 5. The number of nitrogens with one attached hydrogen (secondary N) is 1. The molecule has 2 aromatic carbocycles. The van der Waals surface area contributed by atoms with E-state index in [4.69, 9.17) is 15.2 Å². The van der Waals surface area contributed by atoms with Crippen molar-refractivity contribution in [3.63, 3.8) is 0 Å². The van der Waals surface area contributed by atoms with Gasteiger partial charge < -0.3 is 20.5 Å². The molecular formula is C16H18N2O3. The van der Waals surface area contributed by atoms with E-state index < -0.39 is 0 Å². The molecule has 0 saturated carbocycles. The minimum atomic E-state index is -0.193. The average Bonchev–Trinajstić information content (AvgIpc) is 2.52. The highest BCUT2D eigenvalue weighted by atomic mass is 16.5. The van der Waals surface area contributed by atoms with Gasteiger partial charge in [0.1, 0.15) is 11.5 Å². The van der Waals surface area contributed by atoms with Gasteiger partial charge in [-0.1, -0.05) is 18.2 Å². The molecule has 0 radical (unpaired) electrons. The number of carbonyl (C=O) groups excluding carboxylic acids is 1. The maximum absolute atomic E-state index is 12.2. The summed E-state index contributed by atoms with van der Waals surface area (Å²) in [6, 6.07) is 12.5. The molecule has 0 aliphatic rings. The van der Waals surface area contributed by atoms with Crippen molar-refractivity contribution in [3.8, 4) is 11.5 Å². The number of hydrogen-bond acceptors (Lipinski definition) is 4. The lowest BCUT2D eigenvalue weighted by Gasteiger charge is -2.10. The van der Waals surface area contributed by atoms with E-state index in [-0.39, 0.29) is 5.91 Å². The van der Waals surface area contributed by atoms with Crippen LogP contribution >= 0.6 is 0 Å². The lowest BCUT2D eigenvalue weighted by Crippen LogP contribution is -2.23. The number of methoxy groups -OCH3 is 2. The molecule has 1 amide bonds. The number of hydrogen-bond donors (Lipinski definition) is 2. The monoisotopic (exact) mass is 286 g/mol. The molecule has 0 fully saturated rings. The number of anilines is 1. The largest absolute Gasteiger partial charge is 0.496 e. The van der Waals surface area contributed by atoms with E-state index in [1.165, 1.54) is 7.11 Å². The number of nitrogens with two attached hydrogens (primary N) is 1. The molecule has 0 saturated heterocycles. The summed E-state index contributed by atoms with van der Waals surface area (Å²) >= 11 is 0. The third-order valence-corrected chi connectivity index (χ3v) is 3.10. The maximum Gasteiger partial charge on any atom is 0.255 e. The van der Waals surface area contributed by atoms with Crippen LogP contribution in [0.3, 0.4) is 0 Å². The maximum atomic E-state index is 12.2. The number of ether oxygens (including phenoxy) is 2. The Kier molecular flexibility index (Phi) is 4.66. The molecule has 0 unspecified atom stereocenters. The highest BCUT2D eigenvalue weighted by Crippen LogP contribution is 2.22. The van der Waals surface area contributed by atoms with Gasteiger partial charge in [0.2, 0.25) is 0 Å². The summed E-state index contributed by atoms with van der Waals surface area (Å²) in [5.41, 5.74) is 7.78. The highest BCUT2D eigenvalue weighted by molar-refractivity contribution is 5.96. The van der Waals surface area contributed by atoms with Gasteiger partial charge in [0.25, 0.3) is 5.91 Å². The normalized spacial score (nSPS) is 10.0. The predicted molar refractivity (Wildman–Crippen MR) is 81.6 cm³/mol. The van der Waals surface area contributed by atoms with Gasteiger partial charge in [-0.15, -0.1) is 0 Å². The lowest BCUT2D eigenvalue weighted by molar-refractivity contribution is 0.0948. The minimum Gasteiger partial charge on any atom is -0.496 e. The Labute approximate surface area is 123 Å². The predicted octanol–water partition coefficient (Wildman–Crippen LogP) is 2.22. The first-order chi connectivity index (χ1) is 10.2. The zero-order valence-corrected chi connectivity index (χ0v) is 12.1. The van der Waals surface area contributed by atoms with Gasteiger partial charge >= 0.3 is 0 Å². The fraction of sp³-hybridized carbons (Fsp3) is 0.188. The summed E-state index contributed by atoms with van der Waals surface area (Å²) in [4.78, 5) is 12.2. The zero-order valence-electron chi connectivity index (χ0n) is 12.1. The van der Waals surface area contributed by atoms with Crippen molar-refractivity contribution in [1.29, 1.82) is 0 Å². The van der Waals surface area contributed by atoms with Gasteiger partial charge in [-0.3, -0.25) is 4.79 Å². The van der Waals surface area contributed by atoms with Crippen LogP contribution in [0.5, 0.6) is 11.5 Å². The lowest BCUT2D eigenvalue weighted by atomic mass is 10.1. The van der Waals surface area contributed by atoms with Crippen LogP contribution in [0.4, 0.5) is 5.69 Å².